The van der Waals surface area contributed by atoms with Gasteiger partial charge < -0.3 is 10.1 Å². The number of hydrogen-bond acceptors (Lipinski definition) is 3. The molecule has 0 unspecified atom stereocenters. The van der Waals surface area contributed by atoms with Gasteiger partial charge in [0.15, 0.2) is 0 Å². The molecule has 0 saturated heterocycles. The first kappa shape index (κ1) is 15.4. The fourth-order valence-corrected chi connectivity index (χ4v) is 2.31. The highest BCUT2D eigenvalue weighted by atomic mass is 35.5. The maximum atomic E-state index is 11.5. The third kappa shape index (κ3) is 4.23. The molecule has 0 amide bonds. The van der Waals surface area contributed by atoms with Gasteiger partial charge in [0.2, 0.25) is 0 Å². The Hall–Kier alpha value is -2.00. The van der Waals surface area contributed by atoms with Crippen molar-refractivity contribution in [3.63, 3.8) is 0 Å². The first-order valence-electron chi connectivity index (χ1n) is 6.74. The Bertz CT molecular complexity index is 610. The molecule has 0 aliphatic rings. The Kier molecular flexibility index (Phi) is 5.23. The maximum absolute atomic E-state index is 11.5. The Morgan fingerprint density at radius 3 is 2.48 bits per heavy atom. The number of Topliss-reactive ketones (excluding diaryl/α,β-unsaturated/α-hetero) is 1. The van der Waals surface area contributed by atoms with E-state index in [1.807, 2.05) is 48.5 Å². The molecule has 0 saturated carbocycles. The van der Waals surface area contributed by atoms with Crippen molar-refractivity contribution >= 4 is 23.1 Å². The number of anilines is 1. The van der Waals surface area contributed by atoms with Crippen LogP contribution in [0.3, 0.4) is 0 Å². The SMILES string of the molecule is COc1ccccc1N[C@H](CC(C)=O)c1ccc(Cl)cc1. The van der Waals surface area contributed by atoms with Gasteiger partial charge in [-0.15, -0.1) is 0 Å². The quantitative estimate of drug-likeness (QED) is 0.855. The predicted molar refractivity (Wildman–Crippen MR) is 86.1 cm³/mol. The molecule has 0 fully saturated rings. The summed E-state index contributed by atoms with van der Waals surface area (Å²) in [6.07, 6.45) is 0.402. The van der Waals surface area contributed by atoms with Gasteiger partial charge in [0.25, 0.3) is 0 Å². The third-order valence-corrected chi connectivity index (χ3v) is 3.45. The lowest BCUT2D eigenvalue weighted by molar-refractivity contribution is -0.117. The smallest absolute Gasteiger partial charge is 0.141 e. The molecule has 110 valence electrons. The number of nitrogens with one attached hydrogen (secondary N) is 1. The van der Waals surface area contributed by atoms with Crippen molar-refractivity contribution in [2.45, 2.75) is 19.4 Å². The number of halogens is 1. The zero-order valence-electron chi connectivity index (χ0n) is 12.1. The second-order valence-corrected chi connectivity index (χ2v) is 5.29. The molecule has 0 aliphatic carbocycles. The van der Waals surface area contributed by atoms with E-state index < -0.39 is 0 Å². The van der Waals surface area contributed by atoms with Crippen LogP contribution >= 0.6 is 11.6 Å². The van der Waals surface area contributed by atoms with Gasteiger partial charge in [0.1, 0.15) is 11.5 Å². The van der Waals surface area contributed by atoms with E-state index in [0.717, 1.165) is 17.0 Å². The average Bonchev–Trinajstić information content (AvgIpc) is 2.47. The molecule has 1 N–H and O–H groups in total. The molecule has 0 bridgehead atoms. The van der Waals surface area contributed by atoms with Crippen molar-refractivity contribution in [1.29, 1.82) is 0 Å². The van der Waals surface area contributed by atoms with Gasteiger partial charge in [0, 0.05) is 11.4 Å². The lowest BCUT2D eigenvalue weighted by Crippen LogP contribution is -2.14. The number of carbonyl (C=O) groups is 1. The number of carbonyl (C=O) groups excluding carboxylic acids is 1. The summed E-state index contributed by atoms with van der Waals surface area (Å²) in [5.74, 6) is 0.873. The highest BCUT2D eigenvalue weighted by Crippen LogP contribution is 2.30. The molecule has 3 nitrogen and oxygen atoms in total. The third-order valence-electron chi connectivity index (χ3n) is 3.20. The van der Waals surface area contributed by atoms with E-state index in [9.17, 15) is 4.79 Å². The van der Waals surface area contributed by atoms with Crippen LogP contribution in [-0.2, 0) is 4.79 Å². The number of para-hydroxylation sites is 2. The van der Waals surface area contributed by atoms with E-state index in [1.54, 1.807) is 14.0 Å². The summed E-state index contributed by atoms with van der Waals surface area (Å²) in [6, 6.07) is 15.1. The zero-order chi connectivity index (χ0) is 15.2. The van der Waals surface area contributed by atoms with Crippen LogP contribution in [0.1, 0.15) is 24.9 Å². The molecule has 21 heavy (non-hydrogen) atoms. The van der Waals surface area contributed by atoms with Gasteiger partial charge in [-0.25, -0.2) is 0 Å². The minimum absolute atomic E-state index is 0.115. The fourth-order valence-electron chi connectivity index (χ4n) is 2.19. The number of hydrogen-bond donors (Lipinski definition) is 1. The Balaban J connectivity index is 2.28. The molecule has 0 radical (unpaired) electrons. The summed E-state index contributed by atoms with van der Waals surface area (Å²) in [5, 5.41) is 4.06. The first-order chi connectivity index (χ1) is 10.1. The van der Waals surface area contributed by atoms with Crippen molar-refractivity contribution in [1.82, 2.24) is 0 Å². The Labute approximate surface area is 129 Å². The second kappa shape index (κ2) is 7.14. The number of rotatable bonds is 6. The molecule has 4 heteroatoms. The molecule has 0 aromatic heterocycles. The molecule has 2 aromatic rings. The van der Waals surface area contributed by atoms with E-state index >= 15 is 0 Å². The van der Waals surface area contributed by atoms with E-state index in [-0.39, 0.29) is 11.8 Å². The highest BCUT2D eigenvalue weighted by molar-refractivity contribution is 6.30. The molecule has 2 rings (SSSR count). The second-order valence-electron chi connectivity index (χ2n) is 4.85. The summed E-state index contributed by atoms with van der Waals surface area (Å²) >= 11 is 5.92. The van der Waals surface area contributed by atoms with E-state index in [0.29, 0.717) is 11.4 Å². The lowest BCUT2D eigenvalue weighted by atomic mass is 10.0. The van der Waals surface area contributed by atoms with E-state index in [4.69, 9.17) is 16.3 Å². The zero-order valence-corrected chi connectivity index (χ0v) is 12.9. The van der Waals surface area contributed by atoms with Gasteiger partial charge >= 0.3 is 0 Å². The predicted octanol–water partition coefficient (Wildman–Crippen LogP) is 4.48. The van der Waals surface area contributed by atoms with Crippen LogP contribution in [-0.4, -0.2) is 12.9 Å². The van der Waals surface area contributed by atoms with Gasteiger partial charge in [-0.2, -0.15) is 0 Å². The van der Waals surface area contributed by atoms with Crippen LogP contribution in [0.2, 0.25) is 5.02 Å². The number of methoxy groups -OCH3 is 1. The molecular weight excluding hydrogens is 286 g/mol. The minimum atomic E-state index is -0.115. The van der Waals surface area contributed by atoms with Crippen molar-refractivity contribution in [3.8, 4) is 5.75 Å². The number of ketones is 1. The van der Waals surface area contributed by atoms with E-state index in [2.05, 4.69) is 5.32 Å². The van der Waals surface area contributed by atoms with E-state index in [1.165, 1.54) is 0 Å². The van der Waals surface area contributed by atoms with Gasteiger partial charge in [0.05, 0.1) is 18.8 Å². The molecular formula is C17H18ClNO2. The monoisotopic (exact) mass is 303 g/mol. The minimum Gasteiger partial charge on any atom is -0.495 e. The summed E-state index contributed by atoms with van der Waals surface area (Å²) in [5.41, 5.74) is 1.88. The van der Waals surface area contributed by atoms with Crippen LogP contribution < -0.4 is 10.1 Å². The van der Waals surface area contributed by atoms with Crippen molar-refractivity contribution < 1.29 is 9.53 Å². The van der Waals surface area contributed by atoms with Crippen molar-refractivity contribution in [3.05, 3.63) is 59.1 Å². The van der Waals surface area contributed by atoms with Gasteiger partial charge in [-0.05, 0) is 36.8 Å². The molecule has 0 aliphatic heterocycles. The molecule has 2 aromatic carbocycles. The standard InChI is InChI=1S/C17H18ClNO2/c1-12(20)11-16(13-7-9-14(18)10-8-13)19-15-5-3-4-6-17(15)21-2/h3-10,16,19H,11H2,1-2H3/t16-/m1/s1. The largest absolute Gasteiger partial charge is 0.495 e. The van der Waals surface area contributed by atoms with Crippen LogP contribution in [0.25, 0.3) is 0 Å². The maximum Gasteiger partial charge on any atom is 0.141 e. The summed E-state index contributed by atoms with van der Waals surface area (Å²) in [4.78, 5) is 11.5. The summed E-state index contributed by atoms with van der Waals surface area (Å²) in [6.45, 7) is 1.59. The number of ether oxygens (including phenoxy) is 1. The molecule has 0 heterocycles. The van der Waals surface area contributed by atoms with Crippen LogP contribution in [0.4, 0.5) is 5.69 Å². The Morgan fingerprint density at radius 2 is 1.86 bits per heavy atom. The van der Waals surface area contributed by atoms with Gasteiger partial charge in [-0.3, -0.25) is 4.79 Å². The molecule has 1 atom stereocenters. The Morgan fingerprint density at radius 1 is 1.19 bits per heavy atom. The summed E-state index contributed by atoms with van der Waals surface area (Å²) in [7, 11) is 1.63. The van der Waals surface area contributed by atoms with Crippen molar-refractivity contribution in [2.75, 3.05) is 12.4 Å². The topological polar surface area (TPSA) is 38.3 Å². The first-order valence-corrected chi connectivity index (χ1v) is 7.12. The highest BCUT2D eigenvalue weighted by Gasteiger charge is 2.15. The van der Waals surface area contributed by atoms with Gasteiger partial charge in [-0.1, -0.05) is 35.9 Å². The number of benzene rings is 2. The van der Waals surface area contributed by atoms with Crippen LogP contribution in [0.15, 0.2) is 48.5 Å². The molecule has 0 spiro atoms. The normalized spacial score (nSPS) is 11.8. The van der Waals surface area contributed by atoms with Crippen LogP contribution in [0, 0.1) is 0 Å². The van der Waals surface area contributed by atoms with Crippen molar-refractivity contribution in [2.24, 2.45) is 0 Å². The van der Waals surface area contributed by atoms with Crippen LogP contribution in [0.5, 0.6) is 5.75 Å². The average molecular weight is 304 g/mol. The summed E-state index contributed by atoms with van der Waals surface area (Å²) < 4.78 is 5.34. The fraction of sp³-hybridized carbons (Fsp3) is 0.235. The lowest BCUT2D eigenvalue weighted by Gasteiger charge is -2.21.